The van der Waals surface area contributed by atoms with Crippen molar-refractivity contribution in [2.45, 2.75) is 19.1 Å². The molecule has 2 aromatic carbocycles. The van der Waals surface area contributed by atoms with E-state index in [0.29, 0.717) is 11.4 Å². The van der Waals surface area contributed by atoms with Gasteiger partial charge in [-0.2, -0.15) is 13.2 Å². The van der Waals surface area contributed by atoms with Crippen molar-refractivity contribution >= 4 is 17.5 Å². The molecule has 0 aliphatic carbocycles. The minimum atomic E-state index is -4.47. The third-order valence-corrected chi connectivity index (χ3v) is 4.44. The lowest BCUT2D eigenvalue weighted by Gasteiger charge is -2.26. The number of benzene rings is 2. The summed E-state index contributed by atoms with van der Waals surface area (Å²) in [5, 5.41) is 0. The molecule has 0 aliphatic rings. The molecule has 0 bridgehead atoms. The van der Waals surface area contributed by atoms with Crippen LogP contribution in [0, 0.1) is 0 Å². The van der Waals surface area contributed by atoms with Crippen LogP contribution in [0.15, 0.2) is 48.5 Å². The van der Waals surface area contributed by atoms with Crippen LogP contribution >= 0.6 is 0 Å². The summed E-state index contributed by atoms with van der Waals surface area (Å²) < 4.78 is 44.7. The number of alkyl halides is 3. The number of nitrogens with two attached hydrogens (primary N) is 1. The molecule has 30 heavy (non-hydrogen) atoms. The van der Waals surface area contributed by atoms with Crippen LogP contribution in [0.4, 0.5) is 18.9 Å². The van der Waals surface area contributed by atoms with E-state index in [1.54, 1.807) is 31.3 Å². The van der Waals surface area contributed by atoms with Crippen molar-refractivity contribution in [3.63, 3.8) is 0 Å². The summed E-state index contributed by atoms with van der Waals surface area (Å²) in [6.45, 7) is -0.141. The quantitative estimate of drug-likeness (QED) is 0.673. The molecule has 0 saturated carbocycles. The number of hydrogen-bond acceptors (Lipinski definition) is 4. The lowest BCUT2D eigenvalue weighted by molar-refractivity contribution is -0.138. The summed E-state index contributed by atoms with van der Waals surface area (Å²) in [7, 11) is 3.07. The lowest BCUT2D eigenvalue weighted by Crippen LogP contribution is -2.40. The molecule has 0 spiro atoms. The van der Waals surface area contributed by atoms with Crippen LogP contribution < -0.4 is 15.4 Å². The van der Waals surface area contributed by atoms with Gasteiger partial charge in [0, 0.05) is 25.2 Å². The molecule has 9 heteroatoms. The lowest BCUT2D eigenvalue weighted by atomic mass is 10.1. The predicted molar refractivity (Wildman–Crippen MR) is 107 cm³/mol. The number of carbonyl (C=O) groups excluding carboxylic acids is 2. The molecule has 0 atom stereocenters. The van der Waals surface area contributed by atoms with Crippen LogP contribution in [0.25, 0.3) is 0 Å². The molecule has 0 aliphatic heterocycles. The zero-order valence-corrected chi connectivity index (χ0v) is 16.8. The van der Waals surface area contributed by atoms with E-state index in [1.165, 1.54) is 35.1 Å². The van der Waals surface area contributed by atoms with Gasteiger partial charge in [0.15, 0.2) is 0 Å². The standard InChI is InChI=1S/C21H24F3N3O3/c1-26(13-15-5-3-4-6-18(15)21(22,23)24)14-20(29)27(12-11-19(25)28)16-7-9-17(30-2)10-8-16/h3-10H,11-14H2,1-2H3,(H2,25,28). The monoisotopic (exact) mass is 423 g/mol. The van der Waals surface area contributed by atoms with Crippen molar-refractivity contribution < 1.29 is 27.5 Å². The Morgan fingerprint density at radius 2 is 1.70 bits per heavy atom. The number of carbonyl (C=O) groups is 2. The fraction of sp³-hybridized carbons (Fsp3) is 0.333. The number of anilines is 1. The number of amides is 2. The topological polar surface area (TPSA) is 75.9 Å². The molecule has 2 amide bonds. The summed E-state index contributed by atoms with van der Waals surface area (Å²) >= 11 is 0. The molecular formula is C21H24F3N3O3. The highest BCUT2D eigenvalue weighted by molar-refractivity contribution is 5.95. The highest BCUT2D eigenvalue weighted by atomic mass is 19.4. The van der Waals surface area contributed by atoms with Crippen molar-refractivity contribution in [2.75, 3.05) is 32.1 Å². The maximum Gasteiger partial charge on any atom is 0.416 e. The summed E-state index contributed by atoms with van der Waals surface area (Å²) in [4.78, 5) is 27.0. The van der Waals surface area contributed by atoms with E-state index in [9.17, 15) is 22.8 Å². The average Bonchev–Trinajstić information content (AvgIpc) is 2.67. The first-order chi connectivity index (χ1) is 14.1. The normalized spacial score (nSPS) is 11.4. The van der Waals surface area contributed by atoms with Gasteiger partial charge in [-0.1, -0.05) is 18.2 Å². The molecule has 162 valence electrons. The Hall–Kier alpha value is -3.07. The van der Waals surface area contributed by atoms with Gasteiger partial charge >= 0.3 is 6.18 Å². The van der Waals surface area contributed by atoms with Crippen molar-refractivity contribution in [3.8, 4) is 5.75 Å². The second-order valence-corrected chi connectivity index (χ2v) is 6.79. The van der Waals surface area contributed by atoms with E-state index in [2.05, 4.69) is 0 Å². The van der Waals surface area contributed by atoms with Crippen molar-refractivity contribution in [1.29, 1.82) is 0 Å². The smallest absolute Gasteiger partial charge is 0.416 e. The summed E-state index contributed by atoms with van der Waals surface area (Å²) in [6.07, 6.45) is -4.52. The predicted octanol–water partition coefficient (Wildman–Crippen LogP) is 3.05. The summed E-state index contributed by atoms with van der Waals surface area (Å²) in [5.41, 5.74) is 5.09. The van der Waals surface area contributed by atoms with Crippen LogP contribution in [0.1, 0.15) is 17.5 Å². The van der Waals surface area contributed by atoms with Gasteiger partial charge in [0.2, 0.25) is 11.8 Å². The first-order valence-electron chi connectivity index (χ1n) is 9.18. The molecule has 0 fully saturated rings. The van der Waals surface area contributed by atoms with E-state index in [0.717, 1.165) is 6.07 Å². The molecule has 2 N–H and O–H groups in total. The molecule has 0 unspecified atom stereocenters. The Morgan fingerprint density at radius 1 is 1.07 bits per heavy atom. The molecule has 0 aromatic heterocycles. The molecule has 0 saturated heterocycles. The zero-order chi connectivity index (χ0) is 22.3. The van der Waals surface area contributed by atoms with Gasteiger partial charge < -0.3 is 15.4 Å². The average molecular weight is 423 g/mol. The minimum Gasteiger partial charge on any atom is -0.497 e. The maximum absolute atomic E-state index is 13.2. The van der Waals surface area contributed by atoms with E-state index >= 15 is 0 Å². The van der Waals surface area contributed by atoms with Crippen LogP contribution in [-0.2, 0) is 22.3 Å². The summed E-state index contributed by atoms with van der Waals surface area (Å²) in [5.74, 6) is -0.330. The van der Waals surface area contributed by atoms with Crippen molar-refractivity contribution in [1.82, 2.24) is 4.90 Å². The van der Waals surface area contributed by atoms with Gasteiger partial charge in [-0.15, -0.1) is 0 Å². The second-order valence-electron chi connectivity index (χ2n) is 6.79. The van der Waals surface area contributed by atoms with Gasteiger partial charge in [0.05, 0.1) is 19.2 Å². The second kappa shape index (κ2) is 10.1. The first-order valence-corrected chi connectivity index (χ1v) is 9.18. The number of likely N-dealkylation sites (N-methyl/N-ethyl adjacent to an activating group) is 1. The molecule has 0 radical (unpaired) electrons. The molecular weight excluding hydrogens is 399 g/mol. The van der Waals surface area contributed by atoms with Crippen LogP contribution in [0.3, 0.4) is 0 Å². The highest BCUT2D eigenvalue weighted by Crippen LogP contribution is 2.32. The van der Waals surface area contributed by atoms with Crippen molar-refractivity contribution in [3.05, 3.63) is 59.7 Å². The van der Waals surface area contributed by atoms with Crippen LogP contribution in [0.2, 0.25) is 0 Å². The van der Waals surface area contributed by atoms with Crippen LogP contribution in [-0.4, -0.2) is 44.0 Å². The largest absolute Gasteiger partial charge is 0.497 e. The van der Waals surface area contributed by atoms with Gasteiger partial charge in [0.1, 0.15) is 5.75 Å². The van der Waals surface area contributed by atoms with Gasteiger partial charge in [-0.25, -0.2) is 0 Å². The Balaban J connectivity index is 2.15. The zero-order valence-electron chi connectivity index (χ0n) is 16.8. The third-order valence-electron chi connectivity index (χ3n) is 4.44. The SMILES string of the molecule is COc1ccc(N(CCC(N)=O)C(=O)CN(C)Cc2ccccc2C(F)(F)F)cc1. The number of halogens is 3. The van der Waals surface area contributed by atoms with Gasteiger partial charge in [-0.05, 0) is 42.9 Å². The molecule has 6 nitrogen and oxygen atoms in total. The molecule has 0 heterocycles. The molecule has 2 rings (SSSR count). The molecule has 2 aromatic rings. The van der Waals surface area contributed by atoms with E-state index in [-0.39, 0.29) is 37.5 Å². The number of nitrogens with zero attached hydrogens (tertiary/aromatic N) is 2. The summed E-state index contributed by atoms with van der Waals surface area (Å²) in [6, 6.07) is 11.9. The number of methoxy groups -OCH3 is 1. The van der Waals surface area contributed by atoms with E-state index in [1.807, 2.05) is 0 Å². The van der Waals surface area contributed by atoms with Crippen molar-refractivity contribution in [2.24, 2.45) is 5.73 Å². The third kappa shape index (κ3) is 6.48. The number of primary amides is 1. The fourth-order valence-corrected chi connectivity index (χ4v) is 2.98. The first kappa shape index (κ1) is 23.2. The number of ether oxygens (including phenoxy) is 1. The number of hydrogen-bond donors (Lipinski definition) is 1. The van der Waals surface area contributed by atoms with Gasteiger partial charge in [-0.3, -0.25) is 14.5 Å². The van der Waals surface area contributed by atoms with E-state index in [4.69, 9.17) is 10.5 Å². The Kier molecular flexibility index (Phi) is 7.82. The van der Waals surface area contributed by atoms with Gasteiger partial charge in [0.25, 0.3) is 0 Å². The fourth-order valence-electron chi connectivity index (χ4n) is 2.98. The Morgan fingerprint density at radius 3 is 2.27 bits per heavy atom. The maximum atomic E-state index is 13.2. The Labute approximate surface area is 173 Å². The minimum absolute atomic E-state index is 0.0433. The Bertz CT molecular complexity index is 870. The van der Waals surface area contributed by atoms with E-state index < -0.39 is 17.6 Å². The number of rotatable bonds is 9. The van der Waals surface area contributed by atoms with Crippen LogP contribution in [0.5, 0.6) is 5.75 Å². The highest BCUT2D eigenvalue weighted by Gasteiger charge is 2.33.